The van der Waals surface area contributed by atoms with Gasteiger partial charge in [0.1, 0.15) is 5.82 Å². The number of likely N-dealkylation sites (tertiary alicyclic amines) is 1. The lowest BCUT2D eigenvalue weighted by Crippen LogP contribution is -2.47. The Hall–Kier alpha value is -2.20. The van der Waals surface area contributed by atoms with Gasteiger partial charge in [0.2, 0.25) is 5.91 Å². The van der Waals surface area contributed by atoms with Crippen LogP contribution in [0.4, 0.5) is 10.1 Å². The third kappa shape index (κ3) is 2.56. The largest absolute Gasteiger partial charge is 0.314 e. The fourth-order valence-electron chi connectivity index (χ4n) is 4.36. The van der Waals surface area contributed by atoms with Crippen LogP contribution in [0, 0.1) is 12.7 Å². The van der Waals surface area contributed by atoms with E-state index in [-0.39, 0.29) is 17.1 Å². The fourth-order valence-corrected chi connectivity index (χ4v) is 4.36. The number of amides is 1. The molecule has 1 spiro atoms. The van der Waals surface area contributed by atoms with Crippen molar-refractivity contribution in [3.05, 3.63) is 65.0 Å². The maximum atomic E-state index is 13.4. The summed E-state index contributed by atoms with van der Waals surface area (Å²) >= 11 is 0. The maximum absolute atomic E-state index is 13.4. The van der Waals surface area contributed by atoms with Crippen molar-refractivity contribution in [3.63, 3.8) is 0 Å². The normalized spacial score (nSPS) is 19.5. The molecule has 0 saturated carbocycles. The van der Waals surface area contributed by atoms with Crippen molar-refractivity contribution >= 4 is 11.6 Å². The van der Waals surface area contributed by atoms with Crippen LogP contribution in [-0.2, 0) is 16.8 Å². The molecule has 0 atom stereocenters. The third-order valence-electron chi connectivity index (χ3n) is 5.83. The maximum Gasteiger partial charge on any atom is 0.237 e. The standard InChI is InChI=1S/C21H23FN2O/c1-15-13-16(7-8-18(15)22)14-24-11-9-21(10-12-24)17-5-3-4-6-19(17)23(2)20(21)25/h3-8,13H,9-12,14H2,1-2H3. The number of hydrogen-bond donors (Lipinski definition) is 0. The van der Waals surface area contributed by atoms with Gasteiger partial charge in [0.15, 0.2) is 0 Å². The minimum absolute atomic E-state index is 0.155. The van der Waals surface area contributed by atoms with Crippen LogP contribution in [0.5, 0.6) is 0 Å². The Morgan fingerprint density at radius 3 is 2.56 bits per heavy atom. The molecule has 4 heteroatoms. The van der Waals surface area contributed by atoms with Crippen LogP contribution >= 0.6 is 0 Å². The molecule has 2 heterocycles. The molecule has 0 N–H and O–H groups in total. The lowest BCUT2D eigenvalue weighted by atomic mass is 9.73. The number of likely N-dealkylation sites (N-methyl/N-ethyl adjacent to an activating group) is 1. The molecular formula is C21H23FN2O. The predicted molar refractivity (Wildman–Crippen MR) is 97.2 cm³/mol. The van der Waals surface area contributed by atoms with Gasteiger partial charge in [-0.25, -0.2) is 4.39 Å². The fraction of sp³-hybridized carbons (Fsp3) is 0.381. The molecule has 2 aliphatic heterocycles. The Morgan fingerprint density at radius 1 is 1.12 bits per heavy atom. The number of halogens is 1. The van der Waals surface area contributed by atoms with Crippen molar-refractivity contribution in [2.24, 2.45) is 0 Å². The Morgan fingerprint density at radius 2 is 1.84 bits per heavy atom. The number of aryl methyl sites for hydroxylation is 1. The van der Waals surface area contributed by atoms with E-state index in [9.17, 15) is 9.18 Å². The quantitative estimate of drug-likeness (QED) is 0.835. The second-order valence-corrected chi connectivity index (χ2v) is 7.32. The molecule has 0 aromatic heterocycles. The molecule has 1 fully saturated rings. The van der Waals surface area contributed by atoms with E-state index in [1.165, 1.54) is 5.56 Å². The number of nitrogens with zero attached hydrogens (tertiary/aromatic N) is 2. The Balaban J connectivity index is 1.51. The molecule has 0 unspecified atom stereocenters. The second kappa shape index (κ2) is 5.95. The van der Waals surface area contributed by atoms with Crippen LogP contribution in [0.15, 0.2) is 42.5 Å². The second-order valence-electron chi connectivity index (χ2n) is 7.32. The van der Waals surface area contributed by atoms with E-state index in [0.29, 0.717) is 5.56 Å². The van der Waals surface area contributed by atoms with E-state index >= 15 is 0 Å². The van der Waals surface area contributed by atoms with Gasteiger partial charge in [0, 0.05) is 19.3 Å². The van der Waals surface area contributed by atoms with Gasteiger partial charge in [-0.3, -0.25) is 9.69 Å². The van der Waals surface area contributed by atoms with E-state index in [0.717, 1.165) is 43.7 Å². The van der Waals surface area contributed by atoms with Crippen LogP contribution in [0.3, 0.4) is 0 Å². The first kappa shape index (κ1) is 16.3. The van der Waals surface area contributed by atoms with Crippen molar-refractivity contribution in [1.29, 1.82) is 0 Å². The lowest BCUT2D eigenvalue weighted by molar-refractivity contribution is -0.124. The molecule has 4 rings (SSSR count). The Kier molecular flexibility index (Phi) is 3.88. The first-order valence-electron chi connectivity index (χ1n) is 8.86. The van der Waals surface area contributed by atoms with Crippen LogP contribution in [0.1, 0.15) is 29.5 Å². The van der Waals surface area contributed by atoms with Gasteiger partial charge in [0.05, 0.1) is 5.41 Å². The highest BCUT2D eigenvalue weighted by molar-refractivity contribution is 6.07. The van der Waals surface area contributed by atoms with E-state index in [1.54, 1.807) is 13.0 Å². The van der Waals surface area contributed by atoms with Gasteiger partial charge in [-0.2, -0.15) is 0 Å². The summed E-state index contributed by atoms with van der Waals surface area (Å²) in [5, 5.41) is 0. The summed E-state index contributed by atoms with van der Waals surface area (Å²) in [5.41, 5.74) is 3.69. The molecule has 1 saturated heterocycles. The van der Waals surface area contributed by atoms with Crippen molar-refractivity contribution in [1.82, 2.24) is 4.90 Å². The zero-order valence-corrected chi connectivity index (χ0v) is 14.8. The van der Waals surface area contributed by atoms with Crippen LogP contribution in [-0.4, -0.2) is 30.9 Å². The summed E-state index contributed by atoms with van der Waals surface area (Å²) in [4.78, 5) is 17.1. The summed E-state index contributed by atoms with van der Waals surface area (Å²) in [6.45, 7) is 4.37. The summed E-state index contributed by atoms with van der Waals surface area (Å²) < 4.78 is 13.4. The van der Waals surface area contributed by atoms with E-state index in [2.05, 4.69) is 11.0 Å². The summed E-state index contributed by atoms with van der Waals surface area (Å²) in [7, 11) is 1.88. The Labute approximate surface area is 148 Å². The summed E-state index contributed by atoms with van der Waals surface area (Å²) in [6, 6.07) is 13.5. The van der Waals surface area contributed by atoms with Gasteiger partial charge < -0.3 is 4.90 Å². The topological polar surface area (TPSA) is 23.6 Å². The van der Waals surface area contributed by atoms with Gasteiger partial charge in [-0.1, -0.05) is 30.3 Å². The molecule has 2 aromatic carbocycles. The lowest BCUT2D eigenvalue weighted by Gasteiger charge is -2.38. The number of fused-ring (bicyclic) bond motifs is 2. The molecule has 1 amide bonds. The zero-order valence-electron chi connectivity index (χ0n) is 14.8. The van der Waals surface area contributed by atoms with Crippen molar-refractivity contribution in [2.45, 2.75) is 31.7 Å². The number of carbonyl (C=O) groups excluding carboxylic acids is 1. The average Bonchev–Trinajstić information content (AvgIpc) is 2.83. The molecule has 2 aromatic rings. The molecule has 0 aliphatic carbocycles. The smallest absolute Gasteiger partial charge is 0.237 e. The SMILES string of the molecule is Cc1cc(CN2CCC3(CC2)C(=O)N(C)c2ccccc23)ccc1F. The Bertz CT molecular complexity index is 824. The van der Waals surface area contributed by atoms with Gasteiger partial charge in [-0.15, -0.1) is 0 Å². The van der Waals surface area contributed by atoms with Crippen molar-refractivity contribution < 1.29 is 9.18 Å². The summed E-state index contributed by atoms with van der Waals surface area (Å²) in [6.07, 6.45) is 1.68. The number of piperidine rings is 1. The number of benzene rings is 2. The highest BCUT2D eigenvalue weighted by Gasteiger charge is 2.50. The first-order chi connectivity index (χ1) is 12.0. The minimum Gasteiger partial charge on any atom is -0.314 e. The molecule has 25 heavy (non-hydrogen) atoms. The summed E-state index contributed by atoms with van der Waals surface area (Å²) in [5.74, 6) is 0.0727. The third-order valence-corrected chi connectivity index (χ3v) is 5.83. The number of carbonyl (C=O) groups is 1. The minimum atomic E-state index is -0.361. The molecular weight excluding hydrogens is 315 g/mol. The van der Waals surface area contributed by atoms with Crippen molar-refractivity contribution in [2.75, 3.05) is 25.0 Å². The average molecular weight is 338 g/mol. The van der Waals surface area contributed by atoms with E-state index in [1.807, 2.05) is 42.3 Å². The monoisotopic (exact) mass is 338 g/mol. The number of rotatable bonds is 2. The van der Waals surface area contributed by atoms with Gasteiger partial charge in [-0.05, 0) is 61.7 Å². The first-order valence-corrected chi connectivity index (χ1v) is 8.86. The number of para-hydroxylation sites is 1. The highest BCUT2D eigenvalue weighted by Crippen LogP contribution is 2.47. The van der Waals surface area contributed by atoms with E-state index in [4.69, 9.17) is 0 Å². The molecule has 3 nitrogen and oxygen atoms in total. The molecule has 130 valence electrons. The molecule has 2 aliphatic rings. The van der Waals surface area contributed by atoms with Gasteiger partial charge in [0.25, 0.3) is 0 Å². The zero-order chi connectivity index (χ0) is 17.6. The highest BCUT2D eigenvalue weighted by atomic mass is 19.1. The molecule has 0 bridgehead atoms. The number of anilines is 1. The number of hydrogen-bond acceptors (Lipinski definition) is 2. The molecule has 0 radical (unpaired) electrons. The van der Waals surface area contributed by atoms with Gasteiger partial charge >= 0.3 is 0 Å². The predicted octanol–water partition coefficient (Wildman–Crippen LogP) is 3.64. The van der Waals surface area contributed by atoms with Crippen LogP contribution < -0.4 is 4.90 Å². The van der Waals surface area contributed by atoms with Crippen LogP contribution in [0.25, 0.3) is 0 Å². The van der Waals surface area contributed by atoms with Crippen molar-refractivity contribution in [3.8, 4) is 0 Å². The van der Waals surface area contributed by atoms with Crippen LogP contribution in [0.2, 0.25) is 0 Å². The van der Waals surface area contributed by atoms with E-state index < -0.39 is 0 Å².